The first-order valence-corrected chi connectivity index (χ1v) is 6.06. The number of hydrogen-bond donors (Lipinski definition) is 1. The van der Waals surface area contributed by atoms with Gasteiger partial charge in [0.05, 0.1) is 5.25 Å². The monoisotopic (exact) mass is 235 g/mol. The summed E-state index contributed by atoms with van der Waals surface area (Å²) in [6.45, 7) is 3.94. The first-order valence-electron chi connectivity index (χ1n) is 5.18. The Morgan fingerprint density at radius 3 is 3.06 bits per heavy atom. The topological polar surface area (TPSA) is 54.4 Å². The lowest BCUT2D eigenvalue weighted by atomic mass is 10.3. The third kappa shape index (κ3) is 2.24. The third-order valence-electron chi connectivity index (χ3n) is 2.34. The van der Waals surface area contributed by atoms with Crippen LogP contribution >= 0.6 is 11.8 Å². The Kier molecular flexibility index (Phi) is 3.24. The van der Waals surface area contributed by atoms with Crippen molar-refractivity contribution >= 4 is 28.7 Å². The van der Waals surface area contributed by atoms with Crippen LogP contribution in [0.5, 0.6) is 0 Å². The number of aliphatic imine (C=N–C) groups is 1. The van der Waals surface area contributed by atoms with E-state index in [4.69, 9.17) is 0 Å². The summed E-state index contributed by atoms with van der Waals surface area (Å²) in [6, 6.07) is 3.82. The van der Waals surface area contributed by atoms with Crippen molar-refractivity contribution in [3.8, 4) is 0 Å². The lowest BCUT2D eigenvalue weighted by molar-refractivity contribution is -0.118. The molecule has 1 N–H and O–H groups in total. The van der Waals surface area contributed by atoms with Crippen LogP contribution in [-0.4, -0.2) is 21.3 Å². The standard InChI is InChI=1S/C11H13N3OS/c1-3-8-10(15)14-11(16-8)13-9-7(2)5-4-6-12-9/h4-6,8H,3H2,1-2H3,(H,12,13,14,15). The molecule has 1 unspecified atom stereocenters. The summed E-state index contributed by atoms with van der Waals surface area (Å²) in [5.41, 5.74) is 1.00. The van der Waals surface area contributed by atoms with Crippen LogP contribution in [0.15, 0.2) is 23.3 Å². The molecule has 1 atom stereocenters. The van der Waals surface area contributed by atoms with Crippen LogP contribution in [0.2, 0.25) is 0 Å². The molecule has 0 bridgehead atoms. The molecule has 2 rings (SSSR count). The summed E-state index contributed by atoms with van der Waals surface area (Å²) >= 11 is 1.47. The molecule has 84 valence electrons. The zero-order valence-corrected chi connectivity index (χ0v) is 10.0. The van der Waals surface area contributed by atoms with Crippen LogP contribution in [-0.2, 0) is 4.79 Å². The van der Waals surface area contributed by atoms with Crippen LogP contribution in [0.1, 0.15) is 18.9 Å². The molecule has 1 saturated heterocycles. The van der Waals surface area contributed by atoms with Gasteiger partial charge in [-0.3, -0.25) is 4.79 Å². The van der Waals surface area contributed by atoms with Crippen molar-refractivity contribution in [2.75, 3.05) is 0 Å². The fourth-order valence-electron chi connectivity index (χ4n) is 1.42. The van der Waals surface area contributed by atoms with E-state index in [0.29, 0.717) is 11.0 Å². The molecule has 1 amide bonds. The number of nitrogens with one attached hydrogen (secondary N) is 1. The van der Waals surface area contributed by atoms with Crippen LogP contribution in [0, 0.1) is 6.92 Å². The number of thioether (sulfide) groups is 1. The fraction of sp³-hybridized carbons (Fsp3) is 0.364. The number of amides is 1. The first-order chi connectivity index (χ1) is 7.70. The van der Waals surface area contributed by atoms with Gasteiger partial charge < -0.3 is 5.32 Å². The van der Waals surface area contributed by atoms with Crippen LogP contribution in [0.4, 0.5) is 5.82 Å². The summed E-state index contributed by atoms with van der Waals surface area (Å²) in [4.78, 5) is 20.0. The number of carbonyl (C=O) groups is 1. The smallest absolute Gasteiger partial charge is 0.239 e. The lowest BCUT2D eigenvalue weighted by Gasteiger charge is -1.99. The van der Waals surface area contributed by atoms with Gasteiger partial charge in [-0.15, -0.1) is 0 Å². The van der Waals surface area contributed by atoms with Crippen molar-refractivity contribution in [2.24, 2.45) is 4.99 Å². The Hall–Kier alpha value is -1.36. The van der Waals surface area contributed by atoms with Crippen molar-refractivity contribution in [3.63, 3.8) is 0 Å². The van der Waals surface area contributed by atoms with Crippen LogP contribution in [0.3, 0.4) is 0 Å². The fourth-order valence-corrected chi connectivity index (χ4v) is 2.32. The Bertz CT molecular complexity index is 445. The van der Waals surface area contributed by atoms with E-state index in [2.05, 4.69) is 15.3 Å². The van der Waals surface area contributed by atoms with Gasteiger partial charge in [-0.2, -0.15) is 0 Å². The quantitative estimate of drug-likeness (QED) is 0.853. The number of carbonyl (C=O) groups excluding carboxylic acids is 1. The minimum absolute atomic E-state index is 0.0113. The Morgan fingerprint density at radius 2 is 2.44 bits per heavy atom. The summed E-state index contributed by atoms with van der Waals surface area (Å²) in [5, 5.41) is 3.40. The SMILES string of the molecule is CCC1S/C(=N\c2ncccc2C)NC1=O. The molecule has 0 saturated carbocycles. The average Bonchev–Trinajstić information content (AvgIpc) is 2.62. The normalized spacial score (nSPS) is 22.5. The average molecular weight is 235 g/mol. The highest BCUT2D eigenvalue weighted by atomic mass is 32.2. The first kappa shape index (κ1) is 11.1. The van der Waals surface area contributed by atoms with Crippen molar-refractivity contribution in [3.05, 3.63) is 23.9 Å². The maximum absolute atomic E-state index is 11.5. The van der Waals surface area contributed by atoms with Gasteiger partial charge in [-0.05, 0) is 25.0 Å². The summed E-state index contributed by atoms with van der Waals surface area (Å²) in [5.74, 6) is 0.710. The Morgan fingerprint density at radius 1 is 1.62 bits per heavy atom. The molecule has 2 heterocycles. The van der Waals surface area contributed by atoms with E-state index in [1.807, 2.05) is 26.0 Å². The molecule has 16 heavy (non-hydrogen) atoms. The molecule has 1 aliphatic rings. The Balaban J connectivity index is 2.21. The summed E-state index contributed by atoms with van der Waals surface area (Å²) in [6.07, 6.45) is 2.52. The maximum Gasteiger partial charge on any atom is 0.239 e. The predicted octanol–water partition coefficient (Wildman–Crippen LogP) is 2.02. The highest BCUT2D eigenvalue weighted by Crippen LogP contribution is 2.24. The second kappa shape index (κ2) is 4.65. The van der Waals surface area contributed by atoms with E-state index in [-0.39, 0.29) is 11.2 Å². The van der Waals surface area contributed by atoms with Crippen molar-refractivity contribution in [1.29, 1.82) is 0 Å². The molecule has 1 fully saturated rings. The van der Waals surface area contributed by atoms with Crippen molar-refractivity contribution in [1.82, 2.24) is 10.3 Å². The van der Waals surface area contributed by atoms with Crippen LogP contribution < -0.4 is 5.32 Å². The number of hydrogen-bond acceptors (Lipinski definition) is 4. The molecule has 4 nitrogen and oxygen atoms in total. The number of nitrogens with zero attached hydrogens (tertiary/aromatic N) is 2. The second-order valence-electron chi connectivity index (χ2n) is 3.56. The number of pyridine rings is 1. The van der Waals surface area contributed by atoms with Crippen molar-refractivity contribution < 1.29 is 4.79 Å². The van der Waals surface area contributed by atoms with Crippen LogP contribution in [0.25, 0.3) is 0 Å². The van der Waals surface area contributed by atoms with E-state index in [9.17, 15) is 4.79 Å². The van der Waals surface area contributed by atoms with E-state index in [1.54, 1.807) is 6.20 Å². The lowest BCUT2D eigenvalue weighted by Crippen LogP contribution is -2.24. The molecular weight excluding hydrogens is 222 g/mol. The van der Waals surface area contributed by atoms with Crippen molar-refractivity contribution in [2.45, 2.75) is 25.5 Å². The minimum Gasteiger partial charge on any atom is -0.304 e. The summed E-state index contributed by atoms with van der Waals surface area (Å²) < 4.78 is 0. The van der Waals surface area contributed by atoms with E-state index >= 15 is 0 Å². The largest absolute Gasteiger partial charge is 0.304 e. The molecule has 0 radical (unpaired) electrons. The van der Waals surface area contributed by atoms with E-state index in [0.717, 1.165) is 12.0 Å². The maximum atomic E-state index is 11.5. The molecule has 0 spiro atoms. The van der Waals surface area contributed by atoms with E-state index < -0.39 is 0 Å². The zero-order chi connectivity index (χ0) is 11.5. The highest BCUT2D eigenvalue weighted by molar-refractivity contribution is 8.15. The Labute approximate surface area is 98.6 Å². The molecule has 0 aliphatic carbocycles. The molecule has 1 aromatic heterocycles. The van der Waals surface area contributed by atoms with Gasteiger partial charge in [0.1, 0.15) is 0 Å². The number of aryl methyl sites for hydroxylation is 1. The number of amidine groups is 1. The predicted molar refractivity (Wildman–Crippen MR) is 65.9 cm³/mol. The van der Waals surface area contributed by atoms with Gasteiger partial charge in [0, 0.05) is 6.20 Å². The second-order valence-corrected chi connectivity index (χ2v) is 4.76. The molecular formula is C11H13N3OS. The molecule has 5 heteroatoms. The van der Waals surface area contributed by atoms with Gasteiger partial charge in [0.2, 0.25) is 5.91 Å². The molecule has 1 aliphatic heterocycles. The molecule has 1 aromatic rings. The highest BCUT2D eigenvalue weighted by Gasteiger charge is 2.28. The van der Waals surface area contributed by atoms with Gasteiger partial charge in [0.15, 0.2) is 11.0 Å². The van der Waals surface area contributed by atoms with E-state index in [1.165, 1.54) is 11.8 Å². The number of rotatable bonds is 2. The zero-order valence-electron chi connectivity index (χ0n) is 9.23. The van der Waals surface area contributed by atoms with Gasteiger partial charge >= 0.3 is 0 Å². The minimum atomic E-state index is -0.0113. The number of aromatic nitrogens is 1. The molecule has 0 aromatic carbocycles. The van der Waals surface area contributed by atoms with Gasteiger partial charge in [0.25, 0.3) is 0 Å². The third-order valence-corrected chi connectivity index (χ3v) is 3.59. The van der Waals surface area contributed by atoms with Gasteiger partial charge in [-0.25, -0.2) is 9.98 Å². The summed E-state index contributed by atoms with van der Waals surface area (Å²) in [7, 11) is 0. The van der Waals surface area contributed by atoms with Gasteiger partial charge in [-0.1, -0.05) is 24.8 Å².